The van der Waals surface area contributed by atoms with E-state index in [1.807, 2.05) is 24.3 Å². The van der Waals surface area contributed by atoms with Gasteiger partial charge < -0.3 is 29.2 Å². The molecule has 0 amide bonds. The second-order valence-electron chi connectivity index (χ2n) is 33.3. The Morgan fingerprint density at radius 2 is 0.741 bits per heavy atom. The Balaban J connectivity index is 0.688. The molecule has 8 atom stereocenters. The second kappa shape index (κ2) is 37.5. The molecular weight excluding hydrogens is 1370 g/mol. The van der Waals surface area contributed by atoms with Crippen molar-refractivity contribution in [3.05, 3.63) is 261 Å². The van der Waals surface area contributed by atoms with E-state index in [0.29, 0.717) is 58.5 Å². The van der Waals surface area contributed by atoms with E-state index in [1.165, 1.54) is 125 Å². The Hall–Kier alpha value is -10.1. The number of carbonyl (C=O) groups is 2. The number of aromatic nitrogens is 4. The normalized spacial score (nSPS) is 19.7. The Morgan fingerprint density at radius 1 is 0.393 bits per heavy atom. The molecule has 0 radical (unpaired) electrons. The summed E-state index contributed by atoms with van der Waals surface area (Å²) in [6.07, 6.45) is 45.0. The molecule has 10 nitrogen and oxygen atoms in total. The van der Waals surface area contributed by atoms with Gasteiger partial charge in [-0.2, -0.15) is 0 Å². The molecule has 6 aliphatic rings. The minimum Gasteiger partial charge on any atom is -0.457 e. The molecule has 3 aromatic heterocycles. The number of nitrogens with zero attached hydrogens (tertiary/aromatic N) is 4. The van der Waals surface area contributed by atoms with E-state index in [0.717, 1.165) is 154 Å². The van der Waals surface area contributed by atoms with Crippen molar-refractivity contribution >= 4 is 81.8 Å². The molecule has 112 heavy (non-hydrogen) atoms. The zero-order valence-corrected chi connectivity index (χ0v) is 66.8. The summed E-state index contributed by atoms with van der Waals surface area (Å²) in [4.78, 5) is 52.0. The van der Waals surface area contributed by atoms with Crippen molar-refractivity contribution in [2.24, 2.45) is 47.3 Å². The number of aromatic amines is 2. The van der Waals surface area contributed by atoms with Gasteiger partial charge >= 0.3 is 11.9 Å². The van der Waals surface area contributed by atoms with Gasteiger partial charge in [0.25, 0.3) is 0 Å². The highest BCUT2D eigenvalue weighted by Crippen LogP contribution is 2.50. The number of ether oxygens (including phenoxy) is 2. The van der Waals surface area contributed by atoms with Gasteiger partial charge in [-0.1, -0.05) is 264 Å². The Bertz CT molecular complexity index is 4620. The first-order valence-electron chi connectivity index (χ1n) is 42.9. The third-order valence-corrected chi connectivity index (χ3v) is 25.5. The topological polar surface area (TPSA) is 116 Å². The number of H-pyrrole nitrogens is 2. The number of rotatable bonds is 34. The maximum atomic E-state index is 13.8. The molecule has 8 bridgehead atoms. The maximum Gasteiger partial charge on any atom is 0.338 e. The van der Waals surface area contributed by atoms with Crippen LogP contribution in [0.3, 0.4) is 0 Å². The van der Waals surface area contributed by atoms with Gasteiger partial charge in [-0.05, 0) is 216 Å². The van der Waals surface area contributed by atoms with E-state index in [9.17, 15) is 9.59 Å². The van der Waals surface area contributed by atoms with E-state index < -0.39 is 0 Å². The van der Waals surface area contributed by atoms with Crippen molar-refractivity contribution < 1.29 is 19.1 Å². The van der Waals surface area contributed by atoms with E-state index in [-0.39, 0.29) is 25.2 Å². The van der Waals surface area contributed by atoms with Crippen LogP contribution in [0.1, 0.15) is 233 Å². The summed E-state index contributed by atoms with van der Waals surface area (Å²) < 4.78 is 12.1. The number of hydrogen-bond acceptors (Lipinski definition) is 8. The van der Waals surface area contributed by atoms with Crippen molar-refractivity contribution in [1.82, 2.24) is 19.9 Å². The number of unbranched alkanes of at least 4 members (excludes halogenated alkanes) is 16. The molecule has 4 aliphatic heterocycles. The van der Waals surface area contributed by atoms with E-state index in [2.05, 4.69) is 254 Å². The fraction of sp³-hybridized carbons (Fsp3) is 0.392. The van der Waals surface area contributed by atoms with Crippen LogP contribution in [-0.4, -0.2) is 58.1 Å². The molecule has 2 saturated carbocycles. The van der Waals surface area contributed by atoms with Crippen LogP contribution >= 0.6 is 0 Å². The van der Waals surface area contributed by atoms with Gasteiger partial charge in [-0.15, -0.1) is 0 Å². The first-order chi connectivity index (χ1) is 55.1. The minimum atomic E-state index is -0.328. The Kier molecular flexibility index (Phi) is 25.9. The van der Waals surface area contributed by atoms with Gasteiger partial charge in [0, 0.05) is 81.9 Å². The van der Waals surface area contributed by atoms with E-state index in [1.54, 1.807) is 0 Å². The third kappa shape index (κ3) is 18.8. The molecular formula is C102H116N6O4. The smallest absolute Gasteiger partial charge is 0.338 e. The standard InChI is InChI=1S/C102H116N6O4/c1-5-7-9-11-13-15-17-19-27-33-85-91-55-59-95(103-91)99(77-41-37-75(38-42-77)69-111-101(109)79-47-51-83(52-48-79)107-65-87-71(3)63-81(89(87)67-107)45-35-73-29-23-21-24-30-73)97-61-57-93(105-97)86(34-28-20-18-16-14-12-10-8-6-2)94-58-62-98(106-94)100(96-60-56-92(85)104-96)78-43-39-76(40-44-78)70-112-102(110)80-49-53-84(54-50-80)108-66-88-72(4)64-82(90(88)68-108)46-36-74-31-25-22-26-32-74/h21-26,29-32,35-62,71-72,81-82,87-90,103,106H,5-20,27-28,33-34,63-70H2,1-4H3/b45-35+,46-36+,91-85?,92-85?,93-86?,94-86?,99-95?,99-97?,100-96?,100-98?/t71-,72-,81+,82+,87-,88-,89+,90+/m0/s1. The highest BCUT2D eigenvalue weighted by Gasteiger charge is 2.47. The van der Waals surface area contributed by atoms with Crippen LogP contribution in [0.4, 0.5) is 11.4 Å². The Morgan fingerprint density at radius 3 is 1.12 bits per heavy atom. The molecule has 0 spiro atoms. The average molecular weight is 1490 g/mol. The minimum absolute atomic E-state index is 0.154. The molecule has 2 aliphatic carbocycles. The summed E-state index contributed by atoms with van der Waals surface area (Å²) in [7, 11) is 0. The van der Waals surface area contributed by atoms with Gasteiger partial charge in [0.2, 0.25) is 0 Å². The summed E-state index contributed by atoms with van der Waals surface area (Å²) >= 11 is 0. The second-order valence-corrected chi connectivity index (χ2v) is 33.3. The average Bonchev–Trinajstić information content (AvgIpc) is 1.63. The van der Waals surface area contributed by atoms with Crippen LogP contribution in [0.5, 0.6) is 0 Å². The number of carbonyl (C=O) groups excluding carboxylic acids is 2. The highest BCUT2D eigenvalue weighted by atomic mass is 16.5. The lowest BCUT2D eigenvalue weighted by Gasteiger charge is -2.22. The lowest BCUT2D eigenvalue weighted by atomic mass is 9.90. The van der Waals surface area contributed by atoms with Gasteiger partial charge in [0.15, 0.2) is 0 Å². The maximum absolute atomic E-state index is 13.8. The third-order valence-electron chi connectivity index (χ3n) is 25.5. The first-order valence-corrected chi connectivity index (χ1v) is 42.9. The van der Waals surface area contributed by atoms with Crippen molar-refractivity contribution in [2.45, 2.75) is 182 Å². The van der Waals surface area contributed by atoms with E-state index in [4.69, 9.17) is 19.4 Å². The quantitative estimate of drug-likeness (QED) is 0.0303. The summed E-state index contributed by atoms with van der Waals surface area (Å²) in [6.45, 7) is 13.9. The largest absolute Gasteiger partial charge is 0.457 e. The van der Waals surface area contributed by atoms with Crippen LogP contribution in [-0.2, 0) is 35.5 Å². The molecule has 2 N–H and O–H groups in total. The molecule has 0 unspecified atom stereocenters. The predicted molar refractivity (Wildman–Crippen MR) is 467 cm³/mol. The molecule has 4 fully saturated rings. The number of esters is 2. The number of aryl methyl sites for hydroxylation is 2. The van der Waals surface area contributed by atoms with Crippen LogP contribution in [0.15, 0.2) is 194 Å². The van der Waals surface area contributed by atoms with Crippen LogP contribution in [0.2, 0.25) is 0 Å². The monoisotopic (exact) mass is 1490 g/mol. The fourth-order valence-corrected chi connectivity index (χ4v) is 19.1. The number of allylic oxidation sites excluding steroid dienone is 2. The molecule has 2 saturated heterocycles. The first kappa shape index (κ1) is 77.3. The summed E-state index contributed by atoms with van der Waals surface area (Å²) in [5, 5.41) is 0. The summed E-state index contributed by atoms with van der Waals surface area (Å²) in [5.74, 6) is 4.37. The van der Waals surface area contributed by atoms with Crippen LogP contribution < -0.4 is 9.80 Å². The predicted octanol–water partition coefficient (Wildman–Crippen LogP) is 25.7. The SMILES string of the molecule is CCCCCCCCCCCc1c2nc(c(-c3ccc(COC(=O)c4ccc(N5C[C@@H]6[C@H](C5)[C@H](/C=C/c5ccccc5)C[C@@H]6C)cc4)cc3)c3ccc([nH]3)c(CCCCCCCCCCC)c3nc(c(-c4ccc(COC(=O)c5ccc(N6C[C@@H]7[C@H](C6)[C@H](/C=C/c6ccccc6)C[C@@H]7C)cc5)cc4)c4ccc1[nH]4)C=C3)C=C2. The zero-order chi connectivity index (χ0) is 76.5. The van der Waals surface area contributed by atoms with Crippen molar-refractivity contribution in [3.8, 4) is 22.3 Å². The molecule has 578 valence electrons. The van der Waals surface area contributed by atoms with Gasteiger partial charge in [0.1, 0.15) is 13.2 Å². The van der Waals surface area contributed by atoms with Gasteiger partial charge in [-0.25, -0.2) is 19.6 Å². The van der Waals surface area contributed by atoms with E-state index >= 15 is 0 Å². The van der Waals surface area contributed by atoms with Crippen LogP contribution in [0, 0.1) is 47.3 Å². The summed E-state index contributed by atoms with van der Waals surface area (Å²) in [5.41, 5.74) is 22.0. The molecule has 6 aromatic carbocycles. The lowest BCUT2D eigenvalue weighted by molar-refractivity contribution is 0.0464. The van der Waals surface area contributed by atoms with Crippen molar-refractivity contribution in [2.75, 3.05) is 36.0 Å². The zero-order valence-electron chi connectivity index (χ0n) is 66.8. The molecule has 7 heterocycles. The lowest BCUT2D eigenvalue weighted by Crippen LogP contribution is -2.23. The molecule has 15 rings (SSSR count). The Labute approximate surface area is 666 Å². The van der Waals surface area contributed by atoms with Crippen molar-refractivity contribution in [1.29, 1.82) is 0 Å². The highest BCUT2D eigenvalue weighted by molar-refractivity contribution is 5.95. The number of hydrogen-bond donors (Lipinski definition) is 2. The van der Waals surface area contributed by atoms with Gasteiger partial charge in [-0.3, -0.25) is 0 Å². The fourth-order valence-electron chi connectivity index (χ4n) is 19.1. The number of nitrogens with one attached hydrogen (secondary N) is 2. The summed E-state index contributed by atoms with van der Waals surface area (Å²) in [6, 6.07) is 63.4. The van der Waals surface area contributed by atoms with Gasteiger partial charge in [0.05, 0.1) is 33.9 Å². The number of fused-ring (bicyclic) bond motifs is 10. The molecule has 9 aromatic rings. The number of anilines is 2. The molecule has 10 heteroatoms. The van der Waals surface area contributed by atoms with Crippen LogP contribution in [0.25, 0.3) is 80.8 Å². The number of benzene rings is 6. The van der Waals surface area contributed by atoms with Crippen molar-refractivity contribution in [3.63, 3.8) is 0 Å².